The van der Waals surface area contributed by atoms with Crippen LogP contribution >= 0.6 is 23.2 Å². The van der Waals surface area contributed by atoms with Gasteiger partial charge in [0.15, 0.2) is 0 Å². The average Bonchev–Trinajstić information content (AvgIpc) is 3.36. The highest BCUT2D eigenvalue weighted by Gasteiger charge is 2.50. The highest BCUT2D eigenvalue weighted by atomic mass is 35.5. The lowest BCUT2D eigenvalue weighted by Crippen LogP contribution is -2.50. The van der Waals surface area contributed by atoms with E-state index in [1.807, 2.05) is 24.0 Å². The lowest BCUT2D eigenvalue weighted by molar-refractivity contribution is 0.0441. The summed E-state index contributed by atoms with van der Waals surface area (Å²) in [6.07, 6.45) is 11.2. The number of pyridine rings is 1. The molecule has 1 aromatic heterocycles. The highest BCUT2D eigenvalue weighted by Crippen LogP contribution is 2.58. The topological polar surface area (TPSA) is 42.4 Å². The number of aromatic nitrogens is 1. The van der Waals surface area contributed by atoms with Gasteiger partial charge in [-0.15, -0.1) is 0 Å². The van der Waals surface area contributed by atoms with Gasteiger partial charge in [0.05, 0.1) is 6.61 Å². The van der Waals surface area contributed by atoms with E-state index in [2.05, 4.69) is 23.2 Å². The van der Waals surface area contributed by atoms with E-state index in [1.54, 1.807) is 24.5 Å². The van der Waals surface area contributed by atoms with Crippen LogP contribution in [-0.4, -0.2) is 24.0 Å². The maximum atomic E-state index is 13.9. The molecule has 2 bridgehead atoms. The number of carbonyl (C=O) groups excluding carboxylic acids is 1. The van der Waals surface area contributed by atoms with Gasteiger partial charge >= 0.3 is 0 Å². The van der Waals surface area contributed by atoms with E-state index in [-0.39, 0.29) is 16.7 Å². The van der Waals surface area contributed by atoms with Gasteiger partial charge in [0.1, 0.15) is 5.75 Å². The zero-order valence-electron chi connectivity index (χ0n) is 20.5. The maximum Gasteiger partial charge on any atom is 0.258 e. The number of fused-ring (bicyclic) bond motifs is 4. The Balaban J connectivity index is 1.29. The third-order valence-electron chi connectivity index (χ3n) is 8.85. The number of ether oxygens (including phenoxy) is 1. The van der Waals surface area contributed by atoms with Crippen LogP contribution in [-0.2, 0) is 11.8 Å². The van der Waals surface area contributed by atoms with Gasteiger partial charge in [-0.2, -0.15) is 0 Å². The van der Waals surface area contributed by atoms with Gasteiger partial charge < -0.3 is 9.64 Å². The van der Waals surface area contributed by atoms with Gasteiger partial charge in [-0.1, -0.05) is 35.3 Å². The summed E-state index contributed by atoms with van der Waals surface area (Å²) in [5.74, 6) is 1.03. The minimum atomic E-state index is -0.0244. The molecule has 6 heteroatoms. The van der Waals surface area contributed by atoms with Crippen LogP contribution in [0.15, 0.2) is 54.9 Å². The van der Waals surface area contributed by atoms with Crippen molar-refractivity contribution in [3.05, 3.63) is 87.2 Å². The Morgan fingerprint density at radius 2 is 1.72 bits per heavy atom. The number of anilines is 1. The van der Waals surface area contributed by atoms with Crippen LogP contribution in [0, 0.1) is 12.3 Å². The fraction of sp³-hybridized carbons (Fsp3) is 0.400. The first-order chi connectivity index (χ1) is 17.4. The maximum absolute atomic E-state index is 13.9. The molecule has 0 unspecified atom stereocenters. The summed E-state index contributed by atoms with van der Waals surface area (Å²) in [5, 5.41) is 1.07. The summed E-state index contributed by atoms with van der Waals surface area (Å²) in [6, 6.07) is 14.1. The minimum absolute atomic E-state index is 0.0244. The Bertz CT molecular complexity index is 1290. The number of carbonyl (C=O) groups is 1. The minimum Gasteiger partial charge on any atom is -0.493 e. The van der Waals surface area contributed by atoms with Gasteiger partial charge in [-0.3, -0.25) is 9.78 Å². The van der Waals surface area contributed by atoms with E-state index < -0.39 is 0 Å². The van der Waals surface area contributed by atoms with Crippen LogP contribution in [0.2, 0.25) is 10.0 Å². The number of aryl methyl sites for hydroxylation is 1. The molecule has 0 spiro atoms. The van der Waals surface area contributed by atoms with Crippen LogP contribution in [0.1, 0.15) is 65.6 Å². The van der Waals surface area contributed by atoms with Gasteiger partial charge in [0, 0.05) is 46.7 Å². The largest absolute Gasteiger partial charge is 0.493 e. The summed E-state index contributed by atoms with van der Waals surface area (Å²) in [4.78, 5) is 20.0. The first-order valence-electron chi connectivity index (χ1n) is 12.8. The Morgan fingerprint density at radius 1 is 1.00 bits per heavy atom. The third-order valence-corrected chi connectivity index (χ3v) is 9.29. The molecule has 1 amide bonds. The molecule has 4 nitrogen and oxygen atoms in total. The molecule has 2 heterocycles. The summed E-state index contributed by atoms with van der Waals surface area (Å²) in [5.41, 5.74) is 5.45. The van der Waals surface area contributed by atoms with E-state index in [0.717, 1.165) is 68.6 Å². The van der Waals surface area contributed by atoms with Crippen molar-refractivity contribution in [3.8, 4) is 5.75 Å². The zero-order chi connectivity index (χ0) is 24.9. The molecular weight excluding hydrogens is 491 g/mol. The quantitative estimate of drug-likeness (QED) is 0.348. The van der Waals surface area contributed by atoms with Crippen molar-refractivity contribution >= 4 is 34.8 Å². The van der Waals surface area contributed by atoms with Crippen LogP contribution < -0.4 is 9.64 Å². The number of nitrogens with zero attached hydrogens (tertiary/aromatic N) is 2. The Labute approximate surface area is 222 Å². The second-order valence-electron chi connectivity index (χ2n) is 10.9. The molecule has 0 saturated heterocycles. The molecule has 1 aliphatic heterocycles. The summed E-state index contributed by atoms with van der Waals surface area (Å²) >= 11 is 12.8. The number of hydrogen-bond acceptors (Lipinski definition) is 3. The molecule has 0 radical (unpaired) electrons. The predicted octanol–water partition coefficient (Wildman–Crippen LogP) is 7.57. The molecule has 186 valence electrons. The van der Waals surface area contributed by atoms with E-state index in [4.69, 9.17) is 27.9 Å². The molecule has 36 heavy (non-hydrogen) atoms. The Kier molecular flexibility index (Phi) is 6.00. The standard InChI is InChI=1S/C30H30Cl2N2O2/c1-20-18-33-12-4-26(20)28(35)34(25-16-23(31)15-24(32)17-25)19-29-6-9-30(10-7-29,11-8-29)22-2-3-27-21(14-22)5-13-36-27/h2-4,12,14-18H,5-11,13,19H2,1H3. The second kappa shape index (κ2) is 9.08. The van der Waals surface area contributed by atoms with Crippen LogP contribution in [0.25, 0.3) is 0 Å². The number of rotatable bonds is 5. The van der Waals surface area contributed by atoms with Crippen molar-refractivity contribution in [2.45, 2.75) is 57.3 Å². The molecule has 3 saturated carbocycles. The Hall–Kier alpha value is -2.56. The van der Waals surface area contributed by atoms with Crippen molar-refractivity contribution in [1.29, 1.82) is 0 Å². The van der Waals surface area contributed by atoms with E-state index in [1.165, 1.54) is 11.1 Å². The van der Waals surface area contributed by atoms with Crippen molar-refractivity contribution in [3.63, 3.8) is 0 Å². The lowest BCUT2D eigenvalue weighted by Gasteiger charge is -2.55. The first kappa shape index (κ1) is 23.8. The summed E-state index contributed by atoms with van der Waals surface area (Å²) in [7, 11) is 0. The van der Waals surface area contributed by atoms with Crippen molar-refractivity contribution < 1.29 is 9.53 Å². The molecule has 3 aliphatic carbocycles. The van der Waals surface area contributed by atoms with Crippen LogP contribution in [0.4, 0.5) is 5.69 Å². The van der Waals surface area contributed by atoms with Gasteiger partial charge in [0.2, 0.25) is 0 Å². The molecule has 4 aliphatic rings. The van der Waals surface area contributed by atoms with Gasteiger partial charge in [0.25, 0.3) is 5.91 Å². The Morgan fingerprint density at radius 3 is 2.42 bits per heavy atom. The molecule has 0 N–H and O–H groups in total. The van der Waals surface area contributed by atoms with E-state index >= 15 is 0 Å². The molecule has 3 aromatic rings. The monoisotopic (exact) mass is 520 g/mol. The zero-order valence-corrected chi connectivity index (χ0v) is 22.0. The summed E-state index contributed by atoms with van der Waals surface area (Å²) in [6.45, 7) is 3.39. The van der Waals surface area contributed by atoms with Crippen LogP contribution in [0.3, 0.4) is 0 Å². The van der Waals surface area contributed by atoms with Crippen molar-refractivity contribution in [2.24, 2.45) is 5.41 Å². The predicted molar refractivity (Wildman–Crippen MR) is 145 cm³/mol. The molecule has 0 atom stereocenters. The van der Waals surface area contributed by atoms with Gasteiger partial charge in [-0.05, 0) is 103 Å². The number of hydrogen-bond donors (Lipinski definition) is 0. The van der Waals surface area contributed by atoms with Gasteiger partial charge in [-0.25, -0.2) is 0 Å². The molecule has 2 aromatic carbocycles. The average molecular weight is 521 g/mol. The van der Waals surface area contributed by atoms with Crippen LogP contribution in [0.5, 0.6) is 5.75 Å². The summed E-state index contributed by atoms with van der Waals surface area (Å²) < 4.78 is 5.74. The van der Waals surface area contributed by atoms with E-state index in [9.17, 15) is 4.79 Å². The number of halogens is 2. The molecular formula is C30H30Cl2N2O2. The lowest BCUT2D eigenvalue weighted by atomic mass is 9.51. The third kappa shape index (κ3) is 4.18. The number of amides is 1. The fourth-order valence-electron chi connectivity index (χ4n) is 6.62. The van der Waals surface area contributed by atoms with Crippen molar-refractivity contribution in [2.75, 3.05) is 18.1 Å². The second-order valence-corrected chi connectivity index (χ2v) is 11.8. The SMILES string of the molecule is Cc1cnccc1C(=O)N(CC12CCC(c3ccc4c(c3)CCO4)(CC1)CC2)c1cc(Cl)cc(Cl)c1. The van der Waals surface area contributed by atoms with Crippen molar-refractivity contribution in [1.82, 2.24) is 4.98 Å². The normalized spacial score (nSPS) is 24.3. The fourth-order valence-corrected chi connectivity index (χ4v) is 7.13. The number of benzene rings is 2. The highest BCUT2D eigenvalue weighted by molar-refractivity contribution is 6.35. The molecule has 3 fully saturated rings. The molecule has 7 rings (SSSR count). The smallest absolute Gasteiger partial charge is 0.258 e. The van der Waals surface area contributed by atoms with E-state index in [0.29, 0.717) is 22.2 Å². The first-order valence-corrected chi connectivity index (χ1v) is 13.6.